The van der Waals surface area contributed by atoms with Gasteiger partial charge in [0.05, 0.1) is 11.4 Å². The molecule has 0 aliphatic carbocycles. The predicted molar refractivity (Wildman–Crippen MR) is 65.4 cm³/mol. The van der Waals surface area contributed by atoms with Crippen molar-refractivity contribution in [3.8, 4) is 0 Å². The van der Waals surface area contributed by atoms with Crippen molar-refractivity contribution in [1.29, 1.82) is 0 Å². The standard InChI is InChI=1S/C14H16N2/c1-11(2)14-9-8-13(15-16-14)10-12-6-4-3-5-7-12/h3-9,11H,10H2,1-2H3. The highest BCUT2D eigenvalue weighted by molar-refractivity contribution is 5.21. The van der Waals surface area contributed by atoms with Crippen LogP contribution in [0.15, 0.2) is 42.5 Å². The Morgan fingerprint density at radius 3 is 2.25 bits per heavy atom. The molecule has 0 aliphatic rings. The molecule has 0 bridgehead atoms. The normalized spacial score (nSPS) is 10.7. The van der Waals surface area contributed by atoms with Gasteiger partial charge in [-0.3, -0.25) is 0 Å². The molecule has 0 saturated carbocycles. The summed E-state index contributed by atoms with van der Waals surface area (Å²) in [6.45, 7) is 4.25. The van der Waals surface area contributed by atoms with E-state index in [0.29, 0.717) is 5.92 Å². The molecule has 2 heteroatoms. The van der Waals surface area contributed by atoms with Gasteiger partial charge >= 0.3 is 0 Å². The molecule has 0 spiro atoms. The second kappa shape index (κ2) is 4.88. The molecule has 1 aromatic heterocycles. The van der Waals surface area contributed by atoms with E-state index in [1.165, 1.54) is 5.56 Å². The molecule has 2 aromatic rings. The first kappa shape index (κ1) is 10.8. The molecule has 1 heterocycles. The molecule has 1 aromatic carbocycles. The number of rotatable bonds is 3. The van der Waals surface area contributed by atoms with Crippen molar-refractivity contribution in [2.24, 2.45) is 0 Å². The maximum absolute atomic E-state index is 4.25. The fourth-order valence-electron chi connectivity index (χ4n) is 1.58. The van der Waals surface area contributed by atoms with Crippen molar-refractivity contribution in [1.82, 2.24) is 10.2 Å². The van der Waals surface area contributed by atoms with Gasteiger partial charge in [-0.1, -0.05) is 44.2 Å². The number of nitrogens with zero attached hydrogens (tertiary/aromatic N) is 2. The first-order chi connectivity index (χ1) is 7.75. The van der Waals surface area contributed by atoms with Crippen LogP contribution in [-0.4, -0.2) is 10.2 Å². The van der Waals surface area contributed by atoms with E-state index < -0.39 is 0 Å². The molecule has 0 N–H and O–H groups in total. The van der Waals surface area contributed by atoms with Gasteiger partial charge in [-0.15, -0.1) is 0 Å². The van der Waals surface area contributed by atoms with E-state index >= 15 is 0 Å². The molecule has 0 aliphatic heterocycles. The molecular weight excluding hydrogens is 196 g/mol. The van der Waals surface area contributed by atoms with Gasteiger partial charge in [-0.2, -0.15) is 10.2 Å². The van der Waals surface area contributed by atoms with Gasteiger partial charge < -0.3 is 0 Å². The minimum Gasteiger partial charge on any atom is -0.155 e. The van der Waals surface area contributed by atoms with E-state index in [4.69, 9.17) is 0 Å². The third kappa shape index (κ3) is 2.66. The number of benzene rings is 1. The van der Waals surface area contributed by atoms with Crippen LogP contribution in [0, 0.1) is 0 Å². The van der Waals surface area contributed by atoms with E-state index in [1.807, 2.05) is 18.2 Å². The molecule has 82 valence electrons. The van der Waals surface area contributed by atoms with Crippen LogP contribution in [0.25, 0.3) is 0 Å². The largest absolute Gasteiger partial charge is 0.155 e. The van der Waals surface area contributed by atoms with Crippen LogP contribution in [0.3, 0.4) is 0 Å². The van der Waals surface area contributed by atoms with Gasteiger partial charge in [-0.25, -0.2) is 0 Å². The highest BCUT2D eigenvalue weighted by Crippen LogP contribution is 2.11. The molecular formula is C14H16N2. The molecule has 0 atom stereocenters. The lowest BCUT2D eigenvalue weighted by Gasteiger charge is -2.04. The predicted octanol–water partition coefficient (Wildman–Crippen LogP) is 3.19. The van der Waals surface area contributed by atoms with Gasteiger partial charge in [0, 0.05) is 6.42 Å². The maximum atomic E-state index is 4.25. The van der Waals surface area contributed by atoms with E-state index in [0.717, 1.165) is 17.8 Å². The topological polar surface area (TPSA) is 25.8 Å². The Morgan fingerprint density at radius 2 is 1.69 bits per heavy atom. The van der Waals surface area contributed by atoms with Crippen LogP contribution in [0.4, 0.5) is 0 Å². The number of hydrogen-bond acceptors (Lipinski definition) is 2. The van der Waals surface area contributed by atoms with E-state index in [2.05, 4.69) is 48.3 Å². The average Bonchev–Trinajstić information content (AvgIpc) is 2.31. The minimum atomic E-state index is 0.443. The second-order valence-electron chi connectivity index (χ2n) is 4.27. The third-order valence-corrected chi connectivity index (χ3v) is 2.56. The summed E-state index contributed by atoms with van der Waals surface area (Å²) in [5.74, 6) is 0.443. The van der Waals surface area contributed by atoms with Gasteiger partial charge in [0.2, 0.25) is 0 Å². The van der Waals surface area contributed by atoms with Gasteiger partial charge in [0.1, 0.15) is 0 Å². The fraction of sp³-hybridized carbons (Fsp3) is 0.286. The van der Waals surface area contributed by atoms with Crippen molar-refractivity contribution >= 4 is 0 Å². The molecule has 2 rings (SSSR count). The van der Waals surface area contributed by atoms with Crippen LogP contribution in [0.1, 0.15) is 36.7 Å². The van der Waals surface area contributed by atoms with Crippen molar-refractivity contribution in [3.05, 3.63) is 59.4 Å². The van der Waals surface area contributed by atoms with Gasteiger partial charge in [0.25, 0.3) is 0 Å². The lowest BCUT2D eigenvalue weighted by atomic mass is 10.1. The van der Waals surface area contributed by atoms with Gasteiger partial charge in [0.15, 0.2) is 0 Å². The summed E-state index contributed by atoms with van der Waals surface area (Å²) >= 11 is 0. The van der Waals surface area contributed by atoms with Crippen molar-refractivity contribution in [2.75, 3.05) is 0 Å². The summed E-state index contributed by atoms with van der Waals surface area (Å²) in [7, 11) is 0. The second-order valence-corrected chi connectivity index (χ2v) is 4.27. The zero-order valence-electron chi connectivity index (χ0n) is 9.72. The summed E-state index contributed by atoms with van der Waals surface area (Å²) in [6.07, 6.45) is 0.853. The Balaban J connectivity index is 2.11. The Labute approximate surface area is 96.4 Å². The molecule has 0 fully saturated rings. The summed E-state index contributed by atoms with van der Waals surface area (Å²) in [5, 5.41) is 8.47. The first-order valence-electron chi connectivity index (χ1n) is 5.62. The van der Waals surface area contributed by atoms with Crippen molar-refractivity contribution in [3.63, 3.8) is 0 Å². The Bertz CT molecular complexity index is 432. The molecule has 0 amide bonds. The highest BCUT2D eigenvalue weighted by Gasteiger charge is 2.02. The average molecular weight is 212 g/mol. The van der Waals surface area contributed by atoms with E-state index in [9.17, 15) is 0 Å². The molecule has 0 radical (unpaired) electrons. The number of aromatic nitrogens is 2. The van der Waals surface area contributed by atoms with Gasteiger partial charge in [-0.05, 0) is 23.6 Å². The zero-order valence-corrected chi connectivity index (χ0v) is 9.72. The molecule has 0 saturated heterocycles. The van der Waals surface area contributed by atoms with Crippen molar-refractivity contribution < 1.29 is 0 Å². The first-order valence-corrected chi connectivity index (χ1v) is 5.62. The summed E-state index contributed by atoms with van der Waals surface area (Å²) in [5.41, 5.74) is 3.35. The minimum absolute atomic E-state index is 0.443. The van der Waals surface area contributed by atoms with Crippen LogP contribution in [-0.2, 0) is 6.42 Å². The third-order valence-electron chi connectivity index (χ3n) is 2.56. The maximum Gasteiger partial charge on any atom is 0.0675 e. The van der Waals surface area contributed by atoms with Crippen molar-refractivity contribution in [2.45, 2.75) is 26.2 Å². The van der Waals surface area contributed by atoms with Crippen LogP contribution in [0.2, 0.25) is 0 Å². The lowest BCUT2D eigenvalue weighted by molar-refractivity contribution is 0.771. The van der Waals surface area contributed by atoms with Crippen LogP contribution in [0.5, 0.6) is 0 Å². The highest BCUT2D eigenvalue weighted by atomic mass is 15.1. The Morgan fingerprint density at radius 1 is 0.938 bits per heavy atom. The molecule has 16 heavy (non-hydrogen) atoms. The molecule has 0 unspecified atom stereocenters. The Kier molecular flexibility index (Phi) is 3.30. The zero-order chi connectivity index (χ0) is 11.4. The summed E-state index contributed by atoms with van der Waals surface area (Å²) < 4.78 is 0. The van der Waals surface area contributed by atoms with Crippen LogP contribution >= 0.6 is 0 Å². The SMILES string of the molecule is CC(C)c1ccc(Cc2ccccc2)nn1. The quantitative estimate of drug-likeness (QED) is 0.780. The molecule has 2 nitrogen and oxygen atoms in total. The van der Waals surface area contributed by atoms with E-state index in [1.54, 1.807) is 0 Å². The number of hydrogen-bond donors (Lipinski definition) is 0. The summed E-state index contributed by atoms with van der Waals surface area (Å²) in [4.78, 5) is 0. The smallest absolute Gasteiger partial charge is 0.0675 e. The summed E-state index contributed by atoms with van der Waals surface area (Å²) in [6, 6.07) is 14.5. The Hall–Kier alpha value is -1.70. The fourth-order valence-corrected chi connectivity index (χ4v) is 1.58. The lowest BCUT2D eigenvalue weighted by Crippen LogP contribution is -1.99. The van der Waals surface area contributed by atoms with E-state index in [-0.39, 0.29) is 0 Å². The monoisotopic (exact) mass is 212 g/mol. The van der Waals surface area contributed by atoms with Crippen LogP contribution < -0.4 is 0 Å².